The van der Waals surface area contributed by atoms with Crippen LogP contribution in [0.5, 0.6) is 0 Å². The fraction of sp³-hybridized carbons (Fsp3) is 0.341. The SMILES string of the molecule is Cc1[nH]c(C)c(C)c1C.Cc1cc(C)c(C)cc1C.Cc1cc2cc(C)c(C)cc2cc1C.Cc1ccc(Cc2ccc(C)c(C)c2)cc1C.Cc1ccc2c(C)c(C)ccc2c1C.Cc1cccc(Cc2cccc(C)c2C)c1C.Cc1oc(C)c(C)c1C. The molecule has 11 aromatic rings. The highest BCUT2D eigenvalue weighted by Crippen LogP contribution is 2.28. The summed E-state index contributed by atoms with van der Waals surface area (Å²) in [6.07, 6.45) is 2.07. The minimum absolute atomic E-state index is 1.03. The second-order valence-corrected chi connectivity index (χ2v) is 26.3. The minimum atomic E-state index is 1.03. The monoisotopic (exact) mass is 1200 g/mol. The van der Waals surface area contributed by atoms with Crippen LogP contribution < -0.4 is 0 Å². The summed E-state index contributed by atoms with van der Waals surface area (Å²) in [5.41, 5.74) is 41.4. The lowest BCUT2D eigenvalue weighted by atomic mass is 9.93. The first kappa shape index (κ1) is 72.8. The van der Waals surface area contributed by atoms with Crippen LogP contribution in [-0.4, -0.2) is 4.98 Å². The smallest absolute Gasteiger partial charge is 0.104 e. The molecular formula is C88H111NO. The van der Waals surface area contributed by atoms with Gasteiger partial charge in [-0.25, -0.2) is 0 Å². The number of aromatic nitrogens is 1. The molecule has 0 spiro atoms. The van der Waals surface area contributed by atoms with Crippen molar-refractivity contribution in [2.24, 2.45) is 0 Å². The molecule has 11 rings (SSSR count). The van der Waals surface area contributed by atoms with E-state index in [1.807, 2.05) is 13.8 Å². The van der Waals surface area contributed by atoms with Gasteiger partial charge in [-0.05, 0) is 384 Å². The van der Waals surface area contributed by atoms with Gasteiger partial charge in [0.05, 0.1) is 0 Å². The van der Waals surface area contributed by atoms with E-state index < -0.39 is 0 Å². The minimum Gasteiger partial charge on any atom is -0.466 e. The van der Waals surface area contributed by atoms with Crippen LogP contribution in [0, 0.1) is 194 Å². The molecule has 0 aliphatic heterocycles. The van der Waals surface area contributed by atoms with E-state index in [-0.39, 0.29) is 0 Å². The van der Waals surface area contributed by atoms with Crippen molar-refractivity contribution in [2.45, 2.75) is 207 Å². The molecule has 0 aliphatic rings. The average molecular weight is 1200 g/mol. The Morgan fingerprint density at radius 1 is 0.233 bits per heavy atom. The van der Waals surface area contributed by atoms with Crippen LogP contribution in [0.1, 0.15) is 179 Å². The van der Waals surface area contributed by atoms with Crippen LogP contribution in [-0.2, 0) is 12.8 Å². The number of hydrogen-bond acceptors (Lipinski definition) is 1. The first-order valence-electron chi connectivity index (χ1n) is 32.6. The molecule has 2 heteroatoms. The Morgan fingerprint density at radius 3 is 0.800 bits per heavy atom. The van der Waals surface area contributed by atoms with Crippen molar-refractivity contribution >= 4 is 21.5 Å². The lowest BCUT2D eigenvalue weighted by Crippen LogP contribution is -1.97. The van der Waals surface area contributed by atoms with E-state index in [0.717, 1.165) is 24.4 Å². The number of H-pyrrole nitrogens is 1. The molecule has 0 amide bonds. The van der Waals surface area contributed by atoms with Crippen molar-refractivity contribution in [1.82, 2.24) is 4.98 Å². The van der Waals surface area contributed by atoms with Gasteiger partial charge in [0.25, 0.3) is 0 Å². The second kappa shape index (κ2) is 32.7. The predicted molar refractivity (Wildman–Crippen MR) is 398 cm³/mol. The third-order valence-electron chi connectivity index (χ3n) is 19.8. The van der Waals surface area contributed by atoms with Gasteiger partial charge in [-0.15, -0.1) is 0 Å². The van der Waals surface area contributed by atoms with E-state index in [4.69, 9.17) is 4.42 Å². The van der Waals surface area contributed by atoms with E-state index in [2.05, 4.69) is 318 Å². The summed E-state index contributed by atoms with van der Waals surface area (Å²) in [5, 5.41) is 5.51. The van der Waals surface area contributed by atoms with E-state index in [1.165, 1.54) is 189 Å². The lowest BCUT2D eigenvalue weighted by molar-refractivity contribution is 0.501. The Morgan fingerprint density at radius 2 is 0.522 bits per heavy atom. The van der Waals surface area contributed by atoms with Crippen LogP contribution in [0.2, 0.25) is 0 Å². The predicted octanol–water partition coefficient (Wildman–Crippen LogP) is 24.9. The van der Waals surface area contributed by atoms with Gasteiger partial charge in [0.2, 0.25) is 0 Å². The molecule has 2 aromatic heterocycles. The molecule has 90 heavy (non-hydrogen) atoms. The van der Waals surface area contributed by atoms with Crippen LogP contribution >= 0.6 is 0 Å². The van der Waals surface area contributed by atoms with Crippen molar-refractivity contribution in [3.63, 3.8) is 0 Å². The first-order valence-corrected chi connectivity index (χ1v) is 32.6. The number of nitrogens with one attached hydrogen (secondary N) is 1. The van der Waals surface area contributed by atoms with E-state index in [9.17, 15) is 0 Å². The van der Waals surface area contributed by atoms with Crippen molar-refractivity contribution in [3.8, 4) is 0 Å². The Hall–Kier alpha value is -7.94. The molecule has 0 saturated carbocycles. The highest BCUT2D eigenvalue weighted by atomic mass is 16.3. The largest absolute Gasteiger partial charge is 0.466 e. The van der Waals surface area contributed by atoms with Crippen LogP contribution in [0.15, 0.2) is 138 Å². The molecule has 1 N–H and O–H groups in total. The van der Waals surface area contributed by atoms with Gasteiger partial charge in [-0.3, -0.25) is 0 Å². The van der Waals surface area contributed by atoms with Gasteiger partial charge >= 0.3 is 0 Å². The second-order valence-electron chi connectivity index (χ2n) is 26.3. The summed E-state index contributed by atoms with van der Waals surface area (Å²) in [6, 6.07) is 49.1. The normalized spacial score (nSPS) is 10.5. The summed E-state index contributed by atoms with van der Waals surface area (Å²) in [5.74, 6) is 2.09. The highest BCUT2D eigenvalue weighted by molar-refractivity contribution is 5.90. The molecule has 0 fully saturated rings. The van der Waals surface area contributed by atoms with Gasteiger partial charge in [0, 0.05) is 11.4 Å². The quantitative estimate of drug-likeness (QED) is 0.187. The summed E-state index contributed by atoms with van der Waals surface area (Å²) in [4.78, 5) is 3.28. The van der Waals surface area contributed by atoms with Crippen LogP contribution in [0.3, 0.4) is 0 Å². The fourth-order valence-electron chi connectivity index (χ4n) is 11.1. The Bertz CT molecular complexity index is 3880. The van der Waals surface area contributed by atoms with Crippen molar-refractivity contribution in [2.75, 3.05) is 0 Å². The molecule has 2 nitrogen and oxygen atoms in total. The Kier molecular flexibility index (Phi) is 26.4. The average Bonchev–Trinajstić information content (AvgIpc) is 2.34. The first-order chi connectivity index (χ1) is 42.2. The summed E-state index contributed by atoms with van der Waals surface area (Å²) in [6.45, 7) is 60.2. The number of aryl methyl sites for hydroxylation is 22. The van der Waals surface area contributed by atoms with Gasteiger partial charge < -0.3 is 9.40 Å². The Balaban J connectivity index is 0.000000194. The molecule has 0 radical (unpaired) electrons. The number of rotatable bonds is 4. The number of aromatic amines is 1. The molecule has 0 atom stereocenters. The number of benzene rings is 9. The van der Waals surface area contributed by atoms with Crippen molar-refractivity contribution in [1.29, 1.82) is 0 Å². The van der Waals surface area contributed by atoms with E-state index >= 15 is 0 Å². The topological polar surface area (TPSA) is 28.9 Å². The molecule has 0 aliphatic carbocycles. The number of furan rings is 1. The Labute approximate surface area is 546 Å². The molecule has 9 aromatic carbocycles. The molecule has 0 unspecified atom stereocenters. The van der Waals surface area contributed by atoms with Crippen molar-refractivity contribution in [3.05, 3.63) is 312 Å². The molecular weight excluding hydrogens is 1090 g/mol. The van der Waals surface area contributed by atoms with Gasteiger partial charge in [0.15, 0.2) is 0 Å². The standard InChI is InChI=1S/2C17H20.2C14H16.C10H14.C8H13N.C8H12O/c1-12-5-7-16(9-14(12)3)11-17-8-6-13(2)15(4)10-17;1-12-7-5-9-16(14(12)3)11-17-10-6-8-13(2)15(17)4;1-9-5-13-7-11(3)12(4)8-14(13)6-10(9)2;1-9-5-7-14-12(4)10(2)6-8-13(14)11(9)3;1-7-5-9(3)10(4)6-8(7)2;2*1-5-6(2)8(4)9-7(5)3/h2*5-10H,11H2,1-4H3;2*5-8H,1-4H3;5-6H,1-4H3;9H,1-4H3;1-4H3. The van der Waals surface area contributed by atoms with Gasteiger partial charge in [-0.2, -0.15) is 0 Å². The summed E-state index contributed by atoms with van der Waals surface area (Å²) < 4.78 is 5.34. The lowest BCUT2D eigenvalue weighted by Gasteiger charge is -2.12. The maximum absolute atomic E-state index is 5.34. The summed E-state index contributed by atoms with van der Waals surface area (Å²) in [7, 11) is 0. The van der Waals surface area contributed by atoms with E-state index in [0.29, 0.717) is 0 Å². The van der Waals surface area contributed by atoms with Crippen LogP contribution in [0.25, 0.3) is 21.5 Å². The zero-order valence-electron chi connectivity index (χ0n) is 61.0. The zero-order chi connectivity index (χ0) is 67.2. The maximum atomic E-state index is 5.34. The van der Waals surface area contributed by atoms with Gasteiger partial charge in [-0.1, -0.05) is 133 Å². The van der Waals surface area contributed by atoms with Crippen LogP contribution in [0.4, 0.5) is 0 Å². The number of fused-ring (bicyclic) bond motifs is 2. The highest BCUT2D eigenvalue weighted by Gasteiger charge is 2.09. The van der Waals surface area contributed by atoms with Crippen molar-refractivity contribution < 1.29 is 4.42 Å². The van der Waals surface area contributed by atoms with E-state index in [1.54, 1.807) is 0 Å². The fourth-order valence-corrected chi connectivity index (χ4v) is 11.1. The molecule has 0 bridgehead atoms. The third-order valence-corrected chi connectivity index (χ3v) is 19.8. The summed E-state index contributed by atoms with van der Waals surface area (Å²) >= 11 is 0. The maximum Gasteiger partial charge on any atom is 0.104 e. The molecule has 474 valence electrons. The van der Waals surface area contributed by atoms with Gasteiger partial charge in [0.1, 0.15) is 11.5 Å². The molecule has 0 saturated heterocycles. The third kappa shape index (κ3) is 19.5. The number of hydrogen-bond donors (Lipinski definition) is 1. The zero-order valence-corrected chi connectivity index (χ0v) is 61.0. The molecule has 2 heterocycles.